The Morgan fingerprint density at radius 1 is 0.256 bits per heavy atom. The van der Waals surface area contributed by atoms with Crippen molar-refractivity contribution in [3.63, 3.8) is 0 Å². The number of carbonyl (C=O) groups is 3. The molecular weight excluding hydrogens is 1010 g/mol. The van der Waals surface area contributed by atoms with E-state index < -0.39 is 6.10 Å². The number of unbranched alkanes of at least 4 members (excludes halogenated alkanes) is 46. The number of esters is 3. The monoisotopic (exact) mass is 1150 g/mol. The first-order valence-corrected chi connectivity index (χ1v) is 36.3. The molecule has 0 heterocycles. The Labute approximate surface area is 510 Å². The highest BCUT2D eigenvalue weighted by molar-refractivity contribution is 5.71. The van der Waals surface area contributed by atoms with Gasteiger partial charge in [-0.15, -0.1) is 0 Å². The molecule has 0 radical (unpaired) electrons. The molecule has 0 amide bonds. The largest absolute Gasteiger partial charge is 0.462 e. The van der Waals surface area contributed by atoms with Gasteiger partial charge in [-0.25, -0.2) is 0 Å². The molecule has 0 rings (SSSR count). The minimum absolute atomic E-state index is 0.0774. The van der Waals surface area contributed by atoms with E-state index in [0.717, 1.165) is 89.9 Å². The lowest BCUT2D eigenvalue weighted by Crippen LogP contribution is -2.30. The Morgan fingerprint density at radius 2 is 0.476 bits per heavy atom. The summed E-state index contributed by atoms with van der Waals surface area (Å²) in [6, 6.07) is 0. The number of carbonyl (C=O) groups excluding carboxylic acids is 3. The molecule has 0 saturated heterocycles. The zero-order valence-corrected chi connectivity index (χ0v) is 55.0. The molecule has 0 aromatic carbocycles. The summed E-state index contributed by atoms with van der Waals surface area (Å²) in [5.41, 5.74) is 0. The zero-order valence-electron chi connectivity index (χ0n) is 55.0. The van der Waals surface area contributed by atoms with Crippen molar-refractivity contribution in [2.45, 2.75) is 393 Å². The molecule has 478 valence electrons. The first-order chi connectivity index (χ1) is 40.5. The van der Waals surface area contributed by atoms with Gasteiger partial charge in [0.15, 0.2) is 6.10 Å². The fourth-order valence-corrected chi connectivity index (χ4v) is 10.8. The van der Waals surface area contributed by atoms with Crippen LogP contribution < -0.4 is 0 Å². The molecule has 0 bridgehead atoms. The van der Waals surface area contributed by atoms with Crippen molar-refractivity contribution in [3.8, 4) is 0 Å². The molecule has 82 heavy (non-hydrogen) atoms. The summed E-state index contributed by atoms with van der Waals surface area (Å²) in [5.74, 6) is -0.874. The fourth-order valence-electron chi connectivity index (χ4n) is 10.8. The maximum Gasteiger partial charge on any atom is 0.306 e. The van der Waals surface area contributed by atoms with Gasteiger partial charge >= 0.3 is 17.9 Å². The average Bonchev–Trinajstić information content (AvgIpc) is 3.48. The lowest BCUT2D eigenvalue weighted by molar-refractivity contribution is -0.167. The number of rotatable bonds is 67. The van der Waals surface area contributed by atoms with Gasteiger partial charge in [0.2, 0.25) is 0 Å². The summed E-state index contributed by atoms with van der Waals surface area (Å²) in [6.45, 7) is 6.56. The molecule has 0 fully saturated rings. The fraction of sp³-hybridized carbons (Fsp3) is 0.829. The highest BCUT2D eigenvalue weighted by atomic mass is 16.6. The number of hydrogen-bond acceptors (Lipinski definition) is 6. The predicted molar refractivity (Wildman–Crippen MR) is 358 cm³/mol. The maximum absolute atomic E-state index is 12.9. The van der Waals surface area contributed by atoms with E-state index in [-0.39, 0.29) is 31.1 Å². The Kier molecular flexibility index (Phi) is 68.1. The second kappa shape index (κ2) is 70.6. The third kappa shape index (κ3) is 67.9. The van der Waals surface area contributed by atoms with Crippen LogP contribution in [0.3, 0.4) is 0 Å². The van der Waals surface area contributed by atoms with E-state index in [1.165, 1.54) is 257 Å². The molecule has 0 aliphatic heterocycles. The summed E-state index contributed by atoms with van der Waals surface area (Å²) >= 11 is 0. The van der Waals surface area contributed by atoms with Crippen molar-refractivity contribution in [1.82, 2.24) is 0 Å². The van der Waals surface area contributed by atoms with Crippen LogP contribution in [0.4, 0.5) is 0 Å². The van der Waals surface area contributed by atoms with Crippen LogP contribution in [-0.2, 0) is 28.6 Å². The third-order valence-corrected chi connectivity index (χ3v) is 16.2. The SMILES string of the molecule is CC/C=C\C/C=C\C/C=C\CCCCCCCCCC(=O)OC(COC(=O)CCCCCCC/C=C\CCCCCCC)COC(=O)CCCCCCCCCCCCCCCCCCCCCCC/C=C\CCCCCCCCCC. The van der Waals surface area contributed by atoms with Gasteiger partial charge in [-0.05, 0) is 103 Å². The number of ether oxygens (including phenoxy) is 3. The molecule has 0 spiro atoms. The summed E-state index contributed by atoms with van der Waals surface area (Å²) in [5, 5.41) is 0. The summed E-state index contributed by atoms with van der Waals surface area (Å²) in [6.07, 6.45) is 91.3. The van der Waals surface area contributed by atoms with Crippen molar-refractivity contribution in [2.24, 2.45) is 0 Å². The van der Waals surface area contributed by atoms with E-state index in [2.05, 4.69) is 81.5 Å². The van der Waals surface area contributed by atoms with Gasteiger partial charge in [0, 0.05) is 19.3 Å². The van der Waals surface area contributed by atoms with Gasteiger partial charge in [-0.2, -0.15) is 0 Å². The highest BCUT2D eigenvalue weighted by Gasteiger charge is 2.19. The molecule has 1 unspecified atom stereocenters. The van der Waals surface area contributed by atoms with E-state index >= 15 is 0 Å². The lowest BCUT2D eigenvalue weighted by atomic mass is 10.0. The van der Waals surface area contributed by atoms with Gasteiger partial charge in [-0.1, -0.05) is 326 Å². The van der Waals surface area contributed by atoms with Crippen LogP contribution in [0.5, 0.6) is 0 Å². The molecular formula is C76H138O6. The van der Waals surface area contributed by atoms with Crippen molar-refractivity contribution in [2.75, 3.05) is 13.2 Å². The highest BCUT2D eigenvalue weighted by Crippen LogP contribution is 2.18. The predicted octanol–water partition coefficient (Wildman–Crippen LogP) is 25.1. The van der Waals surface area contributed by atoms with E-state index in [1.54, 1.807) is 0 Å². The van der Waals surface area contributed by atoms with Gasteiger partial charge in [-0.3, -0.25) is 14.4 Å². The molecule has 0 aromatic rings. The van der Waals surface area contributed by atoms with E-state index in [0.29, 0.717) is 19.3 Å². The van der Waals surface area contributed by atoms with Crippen molar-refractivity contribution in [1.29, 1.82) is 0 Å². The topological polar surface area (TPSA) is 78.9 Å². The third-order valence-electron chi connectivity index (χ3n) is 16.2. The Morgan fingerprint density at radius 3 is 0.756 bits per heavy atom. The Bertz CT molecular complexity index is 1460. The van der Waals surface area contributed by atoms with Crippen LogP contribution in [0.15, 0.2) is 60.8 Å². The quantitative estimate of drug-likeness (QED) is 0.0261. The van der Waals surface area contributed by atoms with Crippen LogP contribution in [0, 0.1) is 0 Å². The first-order valence-electron chi connectivity index (χ1n) is 36.3. The molecule has 6 heteroatoms. The van der Waals surface area contributed by atoms with Crippen molar-refractivity contribution < 1.29 is 28.6 Å². The molecule has 0 N–H and O–H groups in total. The summed E-state index contributed by atoms with van der Waals surface area (Å²) in [4.78, 5) is 38.4. The van der Waals surface area contributed by atoms with Gasteiger partial charge in [0.1, 0.15) is 13.2 Å². The van der Waals surface area contributed by atoms with Gasteiger partial charge in [0.25, 0.3) is 0 Å². The molecule has 0 aromatic heterocycles. The van der Waals surface area contributed by atoms with Crippen LogP contribution in [0.1, 0.15) is 387 Å². The van der Waals surface area contributed by atoms with E-state index in [1.807, 2.05) is 0 Å². The van der Waals surface area contributed by atoms with Crippen molar-refractivity contribution >= 4 is 17.9 Å². The molecule has 1 atom stereocenters. The van der Waals surface area contributed by atoms with Gasteiger partial charge in [0.05, 0.1) is 0 Å². The van der Waals surface area contributed by atoms with E-state index in [4.69, 9.17) is 14.2 Å². The molecule has 0 aliphatic rings. The second-order valence-electron chi connectivity index (χ2n) is 24.5. The second-order valence-corrected chi connectivity index (χ2v) is 24.5. The molecule has 0 saturated carbocycles. The lowest BCUT2D eigenvalue weighted by Gasteiger charge is -2.18. The van der Waals surface area contributed by atoms with Crippen LogP contribution in [0.25, 0.3) is 0 Å². The molecule has 0 aliphatic carbocycles. The van der Waals surface area contributed by atoms with Gasteiger partial charge < -0.3 is 14.2 Å². The maximum atomic E-state index is 12.9. The van der Waals surface area contributed by atoms with Crippen LogP contribution >= 0.6 is 0 Å². The average molecular weight is 1150 g/mol. The molecule has 6 nitrogen and oxygen atoms in total. The Hall–Kier alpha value is -2.89. The minimum atomic E-state index is -0.783. The standard InChI is InChI=1S/C76H138O6/c1-4-7-10-13-16-19-22-25-28-30-31-32-33-34-35-36-37-38-39-40-41-42-43-44-45-47-48-51-54-57-60-63-66-69-75(78)81-72-73(71-80-74(77)68-65-62-59-56-53-50-27-24-21-18-15-12-9-6-3)82-76(79)70-67-64-61-58-55-52-49-46-29-26-23-20-17-14-11-8-5-2/h8,11,17,20,24,26-27,29-31,73H,4-7,9-10,12-16,18-19,21-23,25,28,32-72H2,1-3H3/b11-8-,20-17-,27-24-,29-26-,31-30-. The normalized spacial score (nSPS) is 12.4. The summed E-state index contributed by atoms with van der Waals surface area (Å²) in [7, 11) is 0. The number of allylic oxidation sites excluding steroid dienone is 10. The van der Waals surface area contributed by atoms with E-state index in [9.17, 15) is 14.4 Å². The smallest absolute Gasteiger partial charge is 0.306 e. The minimum Gasteiger partial charge on any atom is -0.462 e. The zero-order chi connectivity index (χ0) is 59.2. The Balaban J connectivity index is 4.14. The number of hydrogen-bond donors (Lipinski definition) is 0. The summed E-state index contributed by atoms with van der Waals surface area (Å²) < 4.78 is 17.0. The van der Waals surface area contributed by atoms with Crippen molar-refractivity contribution in [3.05, 3.63) is 60.8 Å². The van der Waals surface area contributed by atoms with Crippen LogP contribution in [0.2, 0.25) is 0 Å². The van der Waals surface area contributed by atoms with Crippen LogP contribution in [-0.4, -0.2) is 37.2 Å². The first kappa shape index (κ1) is 79.1.